The Balaban J connectivity index is 1.46. The van der Waals surface area contributed by atoms with Crippen molar-refractivity contribution in [2.24, 2.45) is 5.92 Å². The molecule has 8 nitrogen and oxygen atoms in total. The molecular weight excluding hydrogens is 348 g/mol. The Morgan fingerprint density at radius 1 is 1.15 bits per heavy atom. The van der Waals surface area contributed by atoms with Crippen LogP contribution in [0.3, 0.4) is 0 Å². The number of ether oxygens (including phenoxy) is 1. The van der Waals surface area contributed by atoms with E-state index >= 15 is 0 Å². The number of hydrogen-bond donors (Lipinski definition) is 1. The number of rotatable bonds is 7. The first-order valence-corrected chi connectivity index (χ1v) is 10.4. The standard InChI is InChI=1S/C19H34N4O4/c1-3-20-7-4-16(5-8-20)14-23(2)15-17(27-19(23)26)22-12-10-21(11-13-22)9-6-18(24)25/h16-17H,3-15H2,1-2H3/p+1. The minimum Gasteiger partial charge on any atom is -0.481 e. The Morgan fingerprint density at radius 2 is 1.81 bits per heavy atom. The van der Waals surface area contributed by atoms with Gasteiger partial charge in [-0.2, -0.15) is 4.79 Å². The van der Waals surface area contributed by atoms with Gasteiger partial charge in [-0.3, -0.25) is 9.69 Å². The zero-order chi connectivity index (χ0) is 19.4. The fourth-order valence-electron chi connectivity index (χ4n) is 4.62. The van der Waals surface area contributed by atoms with Crippen LogP contribution in [0, 0.1) is 5.92 Å². The van der Waals surface area contributed by atoms with Crippen molar-refractivity contribution in [1.29, 1.82) is 0 Å². The first-order chi connectivity index (χ1) is 12.9. The number of carbonyl (C=O) groups excluding carboxylic acids is 1. The van der Waals surface area contributed by atoms with Gasteiger partial charge in [-0.25, -0.2) is 4.48 Å². The zero-order valence-corrected chi connectivity index (χ0v) is 16.8. The van der Waals surface area contributed by atoms with Crippen LogP contribution in [0.1, 0.15) is 26.2 Å². The lowest BCUT2D eigenvalue weighted by Crippen LogP contribution is -2.54. The van der Waals surface area contributed by atoms with Gasteiger partial charge in [-0.05, 0) is 32.5 Å². The lowest BCUT2D eigenvalue weighted by molar-refractivity contribution is -0.828. The quantitative estimate of drug-likeness (QED) is 0.650. The Kier molecular flexibility index (Phi) is 6.73. The molecule has 1 amide bonds. The summed E-state index contributed by atoms with van der Waals surface area (Å²) in [7, 11) is 2.03. The summed E-state index contributed by atoms with van der Waals surface area (Å²) in [6.07, 6.45) is 2.29. The summed E-state index contributed by atoms with van der Waals surface area (Å²) in [5, 5.41) is 8.82. The number of carbonyl (C=O) groups is 2. The number of amides is 1. The summed E-state index contributed by atoms with van der Waals surface area (Å²) in [4.78, 5) is 30.2. The van der Waals surface area contributed by atoms with Gasteiger partial charge in [-0.1, -0.05) is 6.92 Å². The molecule has 0 saturated carbocycles. The number of likely N-dealkylation sites (N-methyl/N-ethyl adjacent to an activating group) is 1. The average molecular weight is 384 g/mol. The van der Waals surface area contributed by atoms with E-state index in [0.717, 1.165) is 58.9 Å². The number of piperazine rings is 1. The van der Waals surface area contributed by atoms with Crippen molar-refractivity contribution in [2.75, 3.05) is 72.5 Å². The summed E-state index contributed by atoms with van der Waals surface area (Å²) in [5.41, 5.74) is 0. The first-order valence-electron chi connectivity index (χ1n) is 10.4. The van der Waals surface area contributed by atoms with Crippen LogP contribution in [0.2, 0.25) is 0 Å². The molecule has 2 atom stereocenters. The van der Waals surface area contributed by atoms with Gasteiger partial charge in [0.25, 0.3) is 0 Å². The van der Waals surface area contributed by atoms with Gasteiger partial charge in [0.2, 0.25) is 6.23 Å². The highest BCUT2D eigenvalue weighted by atomic mass is 16.6. The van der Waals surface area contributed by atoms with E-state index in [-0.39, 0.29) is 18.7 Å². The van der Waals surface area contributed by atoms with Gasteiger partial charge in [0.15, 0.2) is 0 Å². The number of aliphatic carboxylic acids is 1. The van der Waals surface area contributed by atoms with Crippen LogP contribution in [0.5, 0.6) is 0 Å². The van der Waals surface area contributed by atoms with Crippen molar-refractivity contribution in [2.45, 2.75) is 32.4 Å². The number of carboxylic acids is 1. The number of cyclic esters (lactones) is 1. The molecule has 3 aliphatic heterocycles. The summed E-state index contributed by atoms with van der Waals surface area (Å²) in [6.45, 7) is 11.1. The van der Waals surface area contributed by atoms with Crippen molar-refractivity contribution in [3.63, 3.8) is 0 Å². The van der Waals surface area contributed by atoms with E-state index < -0.39 is 5.97 Å². The molecule has 27 heavy (non-hydrogen) atoms. The number of nitrogens with zero attached hydrogens (tertiary/aromatic N) is 4. The van der Waals surface area contributed by atoms with E-state index in [1.807, 2.05) is 7.05 Å². The van der Waals surface area contributed by atoms with Gasteiger partial charge < -0.3 is 19.6 Å². The minimum atomic E-state index is -0.750. The van der Waals surface area contributed by atoms with E-state index in [1.54, 1.807) is 0 Å². The van der Waals surface area contributed by atoms with Gasteiger partial charge >= 0.3 is 12.1 Å². The van der Waals surface area contributed by atoms with Crippen LogP contribution in [0.4, 0.5) is 4.79 Å². The second-order valence-electron chi connectivity index (χ2n) is 8.50. The normalized spacial score (nSPS) is 31.9. The van der Waals surface area contributed by atoms with Crippen LogP contribution >= 0.6 is 0 Å². The number of carboxylic acid groups (broad SMARTS) is 1. The number of hydrogen-bond acceptors (Lipinski definition) is 6. The Bertz CT molecular complexity index is 530. The smallest absolute Gasteiger partial charge is 0.481 e. The number of quaternary nitrogens is 1. The average Bonchev–Trinajstić information content (AvgIpc) is 2.95. The van der Waals surface area contributed by atoms with Gasteiger partial charge in [-0.15, -0.1) is 0 Å². The van der Waals surface area contributed by atoms with Crippen LogP contribution in [0.25, 0.3) is 0 Å². The van der Waals surface area contributed by atoms with Crippen molar-refractivity contribution in [1.82, 2.24) is 14.7 Å². The molecule has 0 bridgehead atoms. The zero-order valence-electron chi connectivity index (χ0n) is 16.8. The fourth-order valence-corrected chi connectivity index (χ4v) is 4.62. The molecule has 3 rings (SSSR count). The van der Waals surface area contributed by atoms with Crippen molar-refractivity contribution >= 4 is 12.1 Å². The third-order valence-corrected chi connectivity index (χ3v) is 6.51. The summed E-state index contributed by atoms with van der Waals surface area (Å²) in [6, 6.07) is 0. The van der Waals surface area contributed by atoms with Crippen molar-refractivity contribution in [3.05, 3.63) is 0 Å². The van der Waals surface area contributed by atoms with Gasteiger partial charge in [0, 0.05) is 38.6 Å². The molecule has 0 aliphatic carbocycles. The lowest BCUT2D eigenvalue weighted by atomic mass is 9.95. The summed E-state index contributed by atoms with van der Waals surface area (Å²) in [5.74, 6) is -0.156. The molecule has 8 heteroatoms. The molecule has 2 unspecified atom stereocenters. The summed E-state index contributed by atoms with van der Waals surface area (Å²) < 4.78 is 6.16. The molecule has 3 heterocycles. The largest absolute Gasteiger partial charge is 0.517 e. The van der Waals surface area contributed by atoms with Crippen molar-refractivity contribution < 1.29 is 23.9 Å². The molecule has 0 radical (unpaired) electrons. The Morgan fingerprint density at radius 3 is 2.41 bits per heavy atom. The molecule has 0 aromatic carbocycles. The van der Waals surface area contributed by atoms with Crippen molar-refractivity contribution in [3.8, 4) is 0 Å². The van der Waals surface area contributed by atoms with E-state index in [1.165, 1.54) is 12.8 Å². The molecule has 154 valence electrons. The third kappa shape index (κ3) is 5.19. The topological polar surface area (TPSA) is 73.3 Å². The second kappa shape index (κ2) is 8.86. The molecule has 0 aromatic rings. The highest BCUT2D eigenvalue weighted by Crippen LogP contribution is 2.27. The van der Waals surface area contributed by atoms with Crippen LogP contribution in [-0.2, 0) is 9.53 Å². The molecule has 0 spiro atoms. The maximum Gasteiger partial charge on any atom is 0.517 e. The SMILES string of the molecule is CCN1CCC(C[N+]2(C)CC(N3CCN(CCC(=O)O)CC3)OC2=O)CC1. The van der Waals surface area contributed by atoms with Crippen LogP contribution < -0.4 is 0 Å². The molecule has 3 fully saturated rings. The minimum absolute atomic E-state index is 0.0915. The van der Waals surface area contributed by atoms with E-state index in [9.17, 15) is 9.59 Å². The fraction of sp³-hybridized carbons (Fsp3) is 0.895. The molecule has 0 aromatic heterocycles. The van der Waals surface area contributed by atoms with Gasteiger partial charge in [0.05, 0.1) is 20.0 Å². The third-order valence-electron chi connectivity index (χ3n) is 6.51. The maximum absolute atomic E-state index is 12.6. The van der Waals surface area contributed by atoms with Crippen LogP contribution in [-0.4, -0.2) is 115 Å². The summed E-state index contributed by atoms with van der Waals surface area (Å²) >= 11 is 0. The first kappa shape index (κ1) is 20.5. The second-order valence-corrected chi connectivity index (χ2v) is 8.50. The number of likely N-dealkylation sites (tertiary alicyclic amines) is 1. The van der Waals surface area contributed by atoms with Crippen LogP contribution in [0.15, 0.2) is 0 Å². The van der Waals surface area contributed by atoms with E-state index in [0.29, 0.717) is 16.9 Å². The predicted octanol–water partition coefficient (Wildman–Crippen LogP) is 0.734. The van der Waals surface area contributed by atoms with E-state index in [4.69, 9.17) is 9.84 Å². The molecule has 3 saturated heterocycles. The highest BCUT2D eigenvalue weighted by Gasteiger charge is 2.49. The Hall–Kier alpha value is -1.22. The monoisotopic (exact) mass is 383 g/mol. The molecule has 1 N–H and O–H groups in total. The van der Waals surface area contributed by atoms with E-state index in [2.05, 4.69) is 21.6 Å². The number of piperidine rings is 1. The maximum atomic E-state index is 12.6. The predicted molar refractivity (Wildman–Crippen MR) is 101 cm³/mol. The lowest BCUT2D eigenvalue weighted by Gasteiger charge is -2.37. The Labute approximate surface area is 162 Å². The van der Waals surface area contributed by atoms with Gasteiger partial charge in [0.1, 0.15) is 6.54 Å². The molecular formula is C19H35N4O4+. The molecule has 3 aliphatic rings. The highest BCUT2D eigenvalue weighted by molar-refractivity contribution is 5.66.